The molecule has 3 aromatic rings. The number of carbonyl (C=O) groups is 2. The van der Waals surface area contributed by atoms with E-state index in [0.717, 1.165) is 10.5 Å². The average Bonchev–Trinajstić information content (AvgIpc) is 3.05. The monoisotopic (exact) mass is 728 g/mol. The van der Waals surface area contributed by atoms with Gasteiger partial charge in [-0.1, -0.05) is 23.7 Å². The first-order valence-corrected chi connectivity index (χ1v) is 16.4. The van der Waals surface area contributed by atoms with Gasteiger partial charge in [-0.25, -0.2) is 4.39 Å². The van der Waals surface area contributed by atoms with E-state index in [4.69, 9.17) is 16.3 Å². The fourth-order valence-corrected chi connectivity index (χ4v) is 6.48. The third kappa shape index (κ3) is 9.07. The normalized spacial score (nSPS) is 19.5. The van der Waals surface area contributed by atoms with Gasteiger partial charge < -0.3 is 14.5 Å². The van der Waals surface area contributed by atoms with Crippen molar-refractivity contribution in [1.29, 1.82) is 0 Å². The lowest BCUT2D eigenvalue weighted by molar-refractivity contribution is -0.141. The van der Waals surface area contributed by atoms with Crippen LogP contribution in [0.4, 0.5) is 30.7 Å². The number of hydrogen-bond acceptors (Lipinski definition) is 5. The number of nitrogens with zero attached hydrogens (tertiary/aromatic N) is 4. The molecule has 0 spiro atoms. The smallest absolute Gasteiger partial charge is 0.417 e. The number of rotatable bonds is 8. The van der Waals surface area contributed by atoms with Crippen LogP contribution in [-0.4, -0.2) is 89.4 Å². The van der Waals surface area contributed by atoms with Crippen LogP contribution < -0.4 is 4.74 Å². The second-order valence-electron chi connectivity index (χ2n) is 12.7. The van der Waals surface area contributed by atoms with Crippen LogP contribution in [0.2, 0.25) is 5.02 Å². The van der Waals surface area contributed by atoms with Crippen LogP contribution in [0, 0.1) is 5.82 Å². The van der Waals surface area contributed by atoms with Crippen LogP contribution in [-0.2, 0) is 30.2 Å². The number of halogens is 8. The Morgan fingerprint density at radius 2 is 1.50 bits per heavy atom. The largest absolute Gasteiger partial charge is 0.483 e. The number of amides is 2. The van der Waals surface area contributed by atoms with E-state index in [0.29, 0.717) is 42.0 Å². The van der Waals surface area contributed by atoms with Crippen molar-refractivity contribution in [2.75, 3.05) is 45.9 Å². The topological polar surface area (TPSA) is 56.3 Å². The molecular formula is C35H36ClF7N4O3. The van der Waals surface area contributed by atoms with Crippen LogP contribution >= 0.6 is 11.6 Å². The summed E-state index contributed by atoms with van der Waals surface area (Å²) in [6.45, 7) is 6.14. The Hall–Kier alpha value is -3.88. The number of hydrogen-bond donors (Lipinski definition) is 0. The first kappa shape index (κ1) is 37.4. The number of piperazine rings is 2. The van der Waals surface area contributed by atoms with Gasteiger partial charge in [0.1, 0.15) is 11.6 Å². The van der Waals surface area contributed by atoms with Crippen LogP contribution in [0.3, 0.4) is 0 Å². The molecule has 0 aliphatic carbocycles. The van der Waals surface area contributed by atoms with Gasteiger partial charge in [-0.05, 0) is 67.9 Å². The van der Waals surface area contributed by atoms with Gasteiger partial charge in [0.2, 0.25) is 0 Å². The molecule has 0 bridgehead atoms. The Labute approximate surface area is 290 Å². The summed E-state index contributed by atoms with van der Waals surface area (Å²) < 4.78 is 100.0. The first-order valence-electron chi connectivity index (χ1n) is 16.0. The second kappa shape index (κ2) is 15.2. The first-order chi connectivity index (χ1) is 23.5. The van der Waals surface area contributed by atoms with Crippen molar-refractivity contribution in [2.24, 2.45) is 0 Å². The van der Waals surface area contributed by atoms with E-state index in [9.17, 15) is 40.3 Å². The standard InChI is InChI=1S/C35H36ClF7N4O3/c1-22-18-47(23(2)17-46(22)19-24-3-7-28(37)8-4-24)32(48)21-50-31-10-6-27(36)15-25(31)20-44-11-13-45(14-12-44)33(49)29-16-26(34(38,39)40)5-9-30(29)35(41,42)43/h3-10,15-16,22-23H,11-14,17-21H2,1-2H3. The summed E-state index contributed by atoms with van der Waals surface area (Å²) in [6.07, 6.45) is -9.94. The van der Waals surface area contributed by atoms with Crippen molar-refractivity contribution in [3.63, 3.8) is 0 Å². The average molecular weight is 729 g/mol. The number of benzene rings is 3. The molecule has 0 radical (unpaired) electrons. The summed E-state index contributed by atoms with van der Waals surface area (Å²) in [4.78, 5) is 33.4. The van der Waals surface area contributed by atoms with E-state index in [2.05, 4.69) is 4.90 Å². The molecule has 5 rings (SSSR count). The fraction of sp³-hybridized carbons (Fsp3) is 0.429. The van der Waals surface area contributed by atoms with Gasteiger partial charge in [-0.2, -0.15) is 26.3 Å². The number of carbonyl (C=O) groups excluding carboxylic acids is 2. The molecule has 2 heterocycles. The predicted molar refractivity (Wildman–Crippen MR) is 172 cm³/mol. The Kier molecular flexibility index (Phi) is 11.3. The predicted octanol–water partition coefficient (Wildman–Crippen LogP) is 6.97. The molecule has 50 heavy (non-hydrogen) atoms. The lowest BCUT2D eigenvalue weighted by atomic mass is 10.0. The molecule has 3 aromatic carbocycles. The molecule has 15 heteroatoms. The maximum absolute atomic E-state index is 13.6. The van der Waals surface area contributed by atoms with Crippen LogP contribution in [0.1, 0.15) is 46.5 Å². The number of ether oxygens (including phenoxy) is 1. The summed E-state index contributed by atoms with van der Waals surface area (Å²) in [7, 11) is 0. The van der Waals surface area contributed by atoms with Crippen LogP contribution in [0.15, 0.2) is 60.7 Å². The Balaban J connectivity index is 1.18. The van der Waals surface area contributed by atoms with E-state index in [1.54, 1.807) is 35.2 Å². The molecule has 2 fully saturated rings. The SMILES string of the molecule is CC1CN(C(=O)COc2ccc(Cl)cc2CN2CCN(C(=O)c3cc(C(F)(F)F)ccc3C(F)(F)F)CC2)C(C)CN1Cc1ccc(F)cc1. The van der Waals surface area contributed by atoms with Crippen LogP contribution in [0.5, 0.6) is 5.75 Å². The third-order valence-corrected chi connectivity index (χ3v) is 9.28. The van der Waals surface area contributed by atoms with E-state index >= 15 is 0 Å². The molecule has 2 aliphatic heterocycles. The fourth-order valence-electron chi connectivity index (χ4n) is 6.29. The molecule has 270 valence electrons. The Bertz CT molecular complexity index is 1680. The molecule has 2 atom stereocenters. The van der Waals surface area contributed by atoms with Gasteiger partial charge in [0.15, 0.2) is 6.61 Å². The number of alkyl halides is 6. The Morgan fingerprint density at radius 3 is 2.14 bits per heavy atom. The quantitative estimate of drug-likeness (QED) is 0.235. The zero-order chi connectivity index (χ0) is 36.4. The van der Waals surface area contributed by atoms with Crippen molar-refractivity contribution in [2.45, 2.75) is 51.4 Å². The van der Waals surface area contributed by atoms with Crippen molar-refractivity contribution in [1.82, 2.24) is 19.6 Å². The van der Waals surface area contributed by atoms with Gasteiger partial charge >= 0.3 is 12.4 Å². The van der Waals surface area contributed by atoms with Gasteiger partial charge in [0.05, 0.1) is 16.7 Å². The summed E-state index contributed by atoms with van der Waals surface area (Å²) in [6, 6.07) is 12.1. The van der Waals surface area contributed by atoms with Gasteiger partial charge in [-0.15, -0.1) is 0 Å². The van der Waals surface area contributed by atoms with Gasteiger partial charge in [0.25, 0.3) is 11.8 Å². The second-order valence-corrected chi connectivity index (χ2v) is 13.1. The van der Waals surface area contributed by atoms with Crippen molar-refractivity contribution < 1.29 is 45.1 Å². The highest BCUT2D eigenvalue weighted by Gasteiger charge is 2.40. The Morgan fingerprint density at radius 1 is 0.820 bits per heavy atom. The molecular weight excluding hydrogens is 693 g/mol. The molecule has 7 nitrogen and oxygen atoms in total. The van der Waals surface area contributed by atoms with Crippen molar-refractivity contribution in [3.05, 3.63) is 99.3 Å². The zero-order valence-electron chi connectivity index (χ0n) is 27.3. The lowest BCUT2D eigenvalue weighted by Gasteiger charge is -2.44. The lowest BCUT2D eigenvalue weighted by Crippen LogP contribution is -2.58. The van der Waals surface area contributed by atoms with E-state index in [1.165, 1.54) is 12.1 Å². The van der Waals surface area contributed by atoms with Gasteiger partial charge in [-0.3, -0.25) is 19.4 Å². The van der Waals surface area contributed by atoms with E-state index in [1.807, 2.05) is 18.7 Å². The highest BCUT2D eigenvalue weighted by atomic mass is 35.5. The minimum absolute atomic E-state index is 0.0230. The summed E-state index contributed by atoms with van der Waals surface area (Å²) in [5.41, 5.74) is -2.19. The zero-order valence-corrected chi connectivity index (χ0v) is 28.1. The van der Waals surface area contributed by atoms with E-state index < -0.39 is 35.0 Å². The highest BCUT2D eigenvalue weighted by Crippen LogP contribution is 2.37. The summed E-state index contributed by atoms with van der Waals surface area (Å²) in [5.74, 6) is -1.22. The maximum atomic E-state index is 13.6. The molecule has 2 saturated heterocycles. The summed E-state index contributed by atoms with van der Waals surface area (Å²) in [5, 5.41) is 0.413. The van der Waals surface area contributed by atoms with Crippen molar-refractivity contribution >= 4 is 23.4 Å². The minimum Gasteiger partial charge on any atom is -0.483 e. The molecule has 2 unspecified atom stereocenters. The maximum Gasteiger partial charge on any atom is 0.417 e. The highest BCUT2D eigenvalue weighted by molar-refractivity contribution is 6.30. The van der Waals surface area contributed by atoms with Gasteiger partial charge in [0, 0.05) is 75.0 Å². The van der Waals surface area contributed by atoms with E-state index in [-0.39, 0.29) is 75.3 Å². The van der Waals surface area contributed by atoms with Crippen molar-refractivity contribution in [3.8, 4) is 5.75 Å². The molecule has 2 aliphatic rings. The summed E-state index contributed by atoms with van der Waals surface area (Å²) >= 11 is 6.27. The van der Waals surface area contributed by atoms with Crippen LogP contribution in [0.25, 0.3) is 0 Å². The minimum atomic E-state index is -5.02. The third-order valence-electron chi connectivity index (χ3n) is 9.04. The molecule has 0 aromatic heterocycles. The molecule has 0 saturated carbocycles. The molecule has 2 amide bonds. The molecule has 0 N–H and O–H groups in total.